The van der Waals surface area contributed by atoms with E-state index in [9.17, 15) is 14.4 Å². The van der Waals surface area contributed by atoms with Crippen LogP contribution in [-0.4, -0.2) is 44.7 Å². The van der Waals surface area contributed by atoms with Gasteiger partial charge in [-0.25, -0.2) is 4.98 Å². The molecule has 0 spiro atoms. The van der Waals surface area contributed by atoms with Crippen molar-refractivity contribution in [1.29, 1.82) is 0 Å². The molecule has 8 heteroatoms. The monoisotopic (exact) mass is 436 g/mol. The number of carbonyl (C=O) groups is 2. The molecule has 1 aliphatic rings. The largest absolute Gasteiger partial charge is 0.338 e. The van der Waals surface area contributed by atoms with Crippen LogP contribution in [-0.2, 0) is 22.7 Å². The van der Waals surface area contributed by atoms with E-state index in [-0.39, 0.29) is 29.8 Å². The molecule has 1 aliphatic heterocycles. The normalized spacial score (nSPS) is 16.3. The number of amides is 2. The topological polar surface area (TPSA) is 86.4 Å². The van der Waals surface area contributed by atoms with Crippen molar-refractivity contribution >= 4 is 33.4 Å². The lowest BCUT2D eigenvalue weighted by molar-refractivity contribution is -0.140. The highest BCUT2D eigenvalue weighted by atomic mass is 32.1. The smallest absolute Gasteiger partial charge is 0.268 e. The van der Waals surface area contributed by atoms with E-state index in [1.807, 2.05) is 41.8 Å². The third kappa shape index (κ3) is 4.74. The Kier molecular flexibility index (Phi) is 6.27. The zero-order chi connectivity index (χ0) is 21.8. The number of likely N-dealkylation sites (tertiary alicyclic amines) is 1. The Balaban J connectivity index is 1.60. The minimum absolute atomic E-state index is 0.0431. The lowest BCUT2D eigenvalue weighted by Gasteiger charge is -2.34. The molecular formula is C23H24N4O3S. The van der Waals surface area contributed by atoms with Gasteiger partial charge in [0.15, 0.2) is 0 Å². The highest BCUT2D eigenvalue weighted by Gasteiger charge is 2.31. The summed E-state index contributed by atoms with van der Waals surface area (Å²) < 4.78 is 0.579. The lowest BCUT2D eigenvalue weighted by atomic mass is 9.96. The van der Waals surface area contributed by atoms with E-state index < -0.39 is 0 Å². The predicted molar refractivity (Wildman–Crippen MR) is 120 cm³/mol. The van der Waals surface area contributed by atoms with Crippen LogP contribution in [0.25, 0.3) is 10.2 Å². The number of benzene rings is 1. The van der Waals surface area contributed by atoms with Crippen molar-refractivity contribution in [1.82, 2.24) is 19.8 Å². The molecule has 1 saturated heterocycles. The van der Waals surface area contributed by atoms with Gasteiger partial charge in [-0.3, -0.25) is 14.4 Å². The van der Waals surface area contributed by atoms with Crippen molar-refractivity contribution in [2.24, 2.45) is 5.92 Å². The fourth-order valence-electron chi connectivity index (χ4n) is 3.96. The molecule has 0 aliphatic carbocycles. The molecule has 1 atom stereocenters. The molecule has 3 aromatic rings. The number of aromatic amines is 1. The summed E-state index contributed by atoms with van der Waals surface area (Å²) in [7, 11) is 0. The van der Waals surface area contributed by atoms with E-state index in [1.165, 1.54) is 17.4 Å². The molecular weight excluding hydrogens is 412 g/mol. The van der Waals surface area contributed by atoms with Crippen LogP contribution in [0.1, 0.15) is 24.2 Å². The number of hydrogen-bond donors (Lipinski definition) is 1. The van der Waals surface area contributed by atoms with E-state index in [4.69, 9.17) is 0 Å². The van der Waals surface area contributed by atoms with Gasteiger partial charge in [0.1, 0.15) is 10.5 Å². The highest BCUT2D eigenvalue weighted by molar-refractivity contribution is 7.17. The zero-order valence-electron chi connectivity index (χ0n) is 17.1. The molecule has 2 amide bonds. The Morgan fingerprint density at radius 3 is 2.84 bits per heavy atom. The molecule has 1 fully saturated rings. The van der Waals surface area contributed by atoms with Gasteiger partial charge in [0.05, 0.1) is 18.0 Å². The minimum Gasteiger partial charge on any atom is -0.338 e. The maximum absolute atomic E-state index is 13.5. The number of H-pyrrole nitrogens is 1. The summed E-state index contributed by atoms with van der Waals surface area (Å²) in [5.74, 6) is -0.0347. The van der Waals surface area contributed by atoms with Crippen molar-refractivity contribution in [3.63, 3.8) is 0 Å². The fraction of sp³-hybridized carbons (Fsp3) is 0.304. The van der Waals surface area contributed by atoms with E-state index >= 15 is 0 Å². The number of hydrogen-bond acceptors (Lipinski definition) is 5. The summed E-state index contributed by atoms with van der Waals surface area (Å²) in [5.41, 5.74) is 1.43. The van der Waals surface area contributed by atoms with Gasteiger partial charge in [0, 0.05) is 19.6 Å². The lowest BCUT2D eigenvalue weighted by Crippen LogP contribution is -2.46. The average molecular weight is 437 g/mol. The Labute approximate surface area is 184 Å². The third-order valence-electron chi connectivity index (χ3n) is 5.49. The second-order valence-corrected chi connectivity index (χ2v) is 8.57. The summed E-state index contributed by atoms with van der Waals surface area (Å²) in [6.45, 7) is 5.16. The van der Waals surface area contributed by atoms with Gasteiger partial charge in [-0.05, 0) is 35.9 Å². The van der Waals surface area contributed by atoms with Crippen LogP contribution in [0.2, 0.25) is 0 Å². The average Bonchev–Trinajstić information content (AvgIpc) is 3.28. The molecule has 160 valence electrons. The van der Waals surface area contributed by atoms with Crippen LogP contribution in [0.3, 0.4) is 0 Å². The predicted octanol–water partition coefficient (Wildman–Crippen LogP) is 2.94. The van der Waals surface area contributed by atoms with Gasteiger partial charge < -0.3 is 14.8 Å². The number of piperidine rings is 1. The summed E-state index contributed by atoms with van der Waals surface area (Å²) in [6.07, 6.45) is 2.78. The van der Waals surface area contributed by atoms with Gasteiger partial charge in [-0.2, -0.15) is 0 Å². The van der Waals surface area contributed by atoms with Gasteiger partial charge in [-0.1, -0.05) is 36.9 Å². The number of nitrogens with one attached hydrogen (secondary N) is 1. The van der Waals surface area contributed by atoms with Crippen LogP contribution in [0, 0.1) is 5.92 Å². The van der Waals surface area contributed by atoms with Crippen LogP contribution in [0.4, 0.5) is 0 Å². The number of nitrogens with zero attached hydrogens (tertiary/aromatic N) is 3. The number of aromatic nitrogens is 2. The standard InChI is InChI=1S/C23H24N4O3S/c1-2-20(28)26-11-6-9-17(14-26)23(30)27(13-16-7-4-3-5-8-16)15-19-24-18-10-12-31-21(18)22(29)25-19/h2-5,7-8,10,12,17H,1,6,9,11,13-15H2,(H,24,25,29)/t17-/m1/s1. The van der Waals surface area contributed by atoms with Gasteiger partial charge in [0.2, 0.25) is 11.8 Å². The summed E-state index contributed by atoms with van der Waals surface area (Å²) in [4.78, 5) is 48.7. The van der Waals surface area contributed by atoms with Crippen molar-refractivity contribution in [3.8, 4) is 0 Å². The second kappa shape index (κ2) is 9.26. The maximum Gasteiger partial charge on any atom is 0.268 e. The van der Waals surface area contributed by atoms with E-state index in [0.717, 1.165) is 18.4 Å². The quantitative estimate of drug-likeness (QED) is 0.602. The molecule has 7 nitrogen and oxygen atoms in total. The van der Waals surface area contributed by atoms with E-state index in [0.29, 0.717) is 35.7 Å². The number of carbonyl (C=O) groups excluding carboxylic acids is 2. The minimum atomic E-state index is -0.294. The van der Waals surface area contributed by atoms with Crippen molar-refractivity contribution in [2.45, 2.75) is 25.9 Å². The second-order valence-electron chi connectivity index (χ2n) is 7.66. The van der Waals surface area contributed by atoms with E-state index in [1.54, 1.807) is 9.80 Å². The van der Waals surface area contributed by atoms with Crippen LogP contribution in [0.5, 0.6) is 0 Å². The first kappa shape index (κ1) is 21.0. The molecule has 2 aromatic heterocycles. The van der Waals surface area contributed by atoms with Gasteiger partial charge in [-0.15, -0.1) is 11.3 Å². The first-order valence-electron chi connectivity index (χ1n) is 10.3. The number of thiophene rings is 1. The molecule has 3 heterocycles. The van der Waals surface area contributed by atoms with E-state index in [2.05, 4.69) is 16.5 Å². The van der Waals surface area contributed by atoms with Crippen LogP contribution in [0.15, 0.2) is 59.2 Å². The number of fused-ring (bicyclic) bond motifs is 1. The van der Waals surface area contributed by atoms with Crippen LogP contribution >= 0.6 is 11.3 Å². The number of rotatable bonds is 6. The zero-order valence-corrected chi connectivity index (χ0v) is 17.9. The van der Waals surface area contributed by atoms with Crippen molar-refractivity contribution < 1.29 is 9.59 Å². The SMILES string of the molecule is C=CC(=O)N1CCC[C@@H](C(=O)N(Cc2ccccc2)Cc2nc3ccsc3c(=O)[nH]2)C1. The molecule has 0 radical (unpaired) electrons. The molecule has 31 heavy (non-hydrogen) atoms. The van der Waals surface area contributed by atoms with Crippen molar-refractivity contribution in [2.75, 3.05) is 13.1 Å². The molecule has 0 saturated carbocycles. The Hall–Kier alpha value is -3.26. The maximum atomic E-state index is 13.5. The summed E-state index contributed by atoms with van der Waals surface area (Å²) in [6, 6.07) is 11.5. The Morgan fingerprint density at radius 2 is 2.06 bits per heavy atom. The highest BCUT2D eigenvalue weighted by Crippen LogP contribution is 2.22. The van der Waals surface area contributed by atoms with Gasteiger partial charge >= 0.3 is 0 Å². The summed E-state index contributed by atoms with van der Waals surface area (Å²) >= 11 is 1.35. The first-order chi connectivity index (χ1) is 15.0. The fourth-order valence-corrected chi connectivity index (χ4v) is 4.68. The molecule has 0 unspecified atom stereocenters. The molecule has 4 rings (SSSR count). The summed E-state index contributed by atoms with van der Waals surface area (Å²) in [5, 5.41) is 1.83. The Morgan fingerprint density at radius 1 is 1.26 bits per heavy atom. The molecule has 1 N–H and O–H groups in total. The third-order valence-corrected chi connectivity index (χ3v) is 6.39. The van der Waals surface area contributed by atoms with Crippen LogP contribution < -0.4 is 5.56 Å². The molecule has 1 aromatic carbocycles. The first-order valence-corrected chi connectivity index (χ1v) is 11.1. The Bertz CT molecular complexity index is 1150. The molecule has 0 bridgehead atoms. The van der Waals surface area contributed by atoms with Crippen molar-refractivity contribution in [3.05, 3.63) is 76.2 Å². The van der Waals surface area contributed by atoms with Gasteiger partial charge in [0.25, 0.3) is 5.56 Å².